The van der Waals surface area contributed by atoms with Crippen molar-refractivity contribution in [2.75, 3.05) is 30.8 Å². The number of nitrogens with two attached hydrogens (primary N) is 1. The van der Waals surface area contributed by atoms with Crippen LogP contribution in [0.3, 0.4) is 0 Å². The topological polar surface area (TPSA) is 75.6 Å². The Labute approximate surface area is 110 Å². The first-order valence-electron chi connectivity index (χ1n) is 6.00. The van der Waals surface area contributed by atoms with Crippen molar-refractivity contribution in [1.29, 1.82) is 0 Å². The monoisotopic (exact) mass is 258 g/mol. The number of urea groups is 1. The minimum absolute atomic E-state index is 0.0252. The molecule has 19 heavy (non-hydrogen) atoms. The second kappa shape index (κ2) is 4.31. The number of benzene rings is 1. The zero-order chi connectivity index (χ0) is 13.4. The lowest BCUT2D eigenvalue weighted by Gasteiger charge is -2.16. The van der Waals surface area contributed by atoms with Gasteiger partial charge in [-0.05, 0) is 17.7 Å². The number of aromatic nitrogens is 1. The van der Waals surface area contributed by atoms with E-state index >= 15 is 0 Å². The van der Waals surface area contributed by atoms with Gasteiger partial charge in [-0.25, -0.2) is 4.79 Å². The fraction of sp³-hybridized carbons (Fsp3) is 0.231. The van der Waals surface area contributed by atoms with Crippen LogP contribution in [0.2, 0.25) is 0 Å². The Hall–Kier alpha value is -2.50. The van der Waals surface area contributed by atoms with Gasteiger partial charge in [0.05, 0.1) is 11.8 Å². The van der Waals surface area contributed by atoms with Crippen molar-refractivity contribution < 1.29 is 9.32 Å². The van der Waals surface area contributed by atoms with E-state index in [0.29, 0.717) is 12.4 Å². The highest BCUT2D eigenvalue weighted by Crippen LogP contribution is 2.28. The highest BCUT2D eigenvalue weighted by atomic mass is 16.5. The van der Waals surface area contributed by atoms with Crippen LogP contribution in [0.1, 0.15) is 0 Å². The van der Waals surface area contributed by atoms with Crippen molar-refractivity contribution in [3.8, 4) is 11.1 Å². The minimum atomic E-state index is 0.0252. The van der Waals surface area contributed by atoms with E-state index in [0.717, 1.165) is 23.4 Å². The molecule has 0 atom stereocenters. The summed E-state index contributed by atoms with van der Waals surface area (Å²) in [4.78, 5) is 15.3. The predicted octanol–water partition coefficient (Wildman–Crippen LogP) is 1.80. The zero-order valence-corrected chi connectivity index (χ0v) is 10.5. The Kier molecular flexibility index (Phi) is 2.63. The molecule has 98 valence electrons. The number of anilines is 2. The summed E-state index contributed by atoms with van der Waals surface area (Å²) in [6, 6.07) is 7.64. The molecule has 2 aromatic rings. The van der Waals surface area contributed by atoms with Crippen molar-refractivity contribution in [3.05, 3.63) is 30.5 Å². The molecular formula is C13H14N4O2. The van der Waals surface area contributed by atoms with Crippen molar-refractivity contribution in [2.24, 2.45) is 0 Å². The van der Waals surface area contributed by atoms with Gasteiger partial charge in [0, 0.05) is 25.8 Å². The molecule has 2 N–H and O–H groups in total. The Balaban J connectivity index is 1.88. The third-order valence-electron chi connectivity index (χ3n) is 3.30. The van der Waals surface area contributed by atoms with Crippen LogP contribution >= 0.6 is 0 Å². The molecule has 1 saturated heterocycles. The number of carbonyl (C=O) groups excluding carboxylic acids is 1. The van der Waals surface area contributed by atoms with Gasteiger partial charge in [0.25, 0.3) is 0 Å². The number of nitrogen functional groups attached to an aromatic ring is 1. The van der Waals surface area contributed by atoms with Crippen LogP contribution in [0.15, 0.2) is 35.0 Å². The molecule has 1 aliphatic heterocycles. The third kappa shape index (κ3) is 1.91. The Morgan fingerprint density at radius 3 is 2.53 bits per heavy atom. The quantitative estimate of drug-likeness (QED) is 0.891. The molecule has 6 nitrogen and oxygen atoms in total. The lowest BCUT2D eigenvalue weighted by atomic mass is 10.1. The zero-order valence-electron chi connectivity index (χ0n) is 10.5. The summed E-state index contributed by atoms with van der Waals surface area (Å²) in [6.07, 6.45) is 1.58. The van der Waals surface area contributed by atoms with Crippen molar-refractivity contribution in [2.45, 2.75) is 0 Å². The summed E-state index contributed by atoms with van der Waals surface area (Å²) in [5, 5.41) is 3.65. The van der Waals surface area contributed by atoms with E-state index in [2.05, 4.69) is 5.16 Å². The number of hydrogen-bond donors (Lipinski definition) is 1. The molecule has 0 unspecified atom stereocenters. The number of nitrogens with zero attached hydrogens (tertiary/aromatic N) is 3. The van der Waals surface area contributed by atoms with Crippen LogP contribution in [-0.4, -0.2) is 36.2 Å². The Bertz CT molecular complexity index is 605. The molecule has 2 heterocycles. The fourth-order valence-electron chi connectivity index (χ4n) is 2.17. The van der Waals surface area contributed by atoms with Crippen LogP contribution in [-0.2, 0) is 0 Å². The maximum Gasteiger partial charge on any atom is 0.324 e. The molecule has 3 rings (SSSR count). The molecule has 1 aliphatic rings. The summed E-state index contributed by atoms with van der Waals surface area (Å²) in [7, 11) is 1.80. The molecule has 0 radical (unpaired) electrons. The van der Waals surface area contributed by atoms with E-state index in [1.165, 1.54) is 0 Å². The van der Waals surface area contributed by atoms with E-state index in [1.807, 2.05) is 24.3 Å². The molecule has 0 bridgehead atoms. The maximum absolute atomic E-state index is 11.9. The van der Waals surface area contributed by atoms with E-state index < -0.39 is 0 Å². The molecule has 6 heteroatoms. The van der Waals surface area contributed by atoms with Crippen LogP contribution < -0.4 is 10.6 Å². The van der Waals surface area contributed by atoms with Gasteiger partial charge in [0.2, 0.25) is 5.88 Å². The molecule has 0 spiro atoms. The first-order chi connectivity index (χ1) is 9.16. The number of hydrogen-bond acceptors (Lipinski definition) is 4. The van der Waals surface area contributed by atoms with Crippen molar-refractivity contribution in [3.63, 3.8) is 0 Å². The fourth-order valence-corrected chi connectivity index (χ4v) is 2.17. The van der Waals surface area contributed by atoms with Gasteiger partial charge in [0.1, 0.15) is 0 Å². The number of rotatable bonds is 2. The maximum atomic E-state index is 11.9. The Morgan fingerprint density at radius 1 is 1.26 bits per heavy atom. The van der Waals surface area contributed by atoms with Gasteiger partial charge in [-0.1, -0.05) is 17.3 Å². The molecule has 1 aromatic heterocycles. The van der Waals surface area contributed by atoms with E-state index in [1.54, 1.807) is 23.0 Å². The average Bonchev–Trinajstić information content (AvgIpc) is 2.98. The number of amides is 2. The lowest BCUT2D eigenvalue weighted by Crippen LogP contribution is -2.29. The Morgan fingerprint density at radius 2 is 2.00 bits per heavy atom. The smallest absolute Gasteiger partial charge is 0.324 e. The van der Waals surface area contributed by atoms with Crippen LogP contribution in [0.5, 0.6) is 0 Å². The highest BCUT2D eigenvalue weighted by Gasteiger charge is 2.26. The van der Waals surface area contributed by atoms with Gasteiger partial charge in [-0.2, -0.15) is 0 Å². The molecular weight excluding hydrogens is 244 g/mol. The second-order valence-corrected chi connectivity index (χ2v) is 4.51. The van der Waals surface area contributed by atoms with Crippen LogP contribution in [0.4, 0.5) is 16.4 Å². The van der Waals surface area contributed by atoms with Gasteiger partial charge in [-0.15, -0.1) is 0 Å². The van der Waals surface area contributed by atoms with E-state index in [-0.39, 0.29) is 6.03 Å². The van der Waals surface area contributed by atoms with Gasteiger partial charge in [0.15, 0.2) is 0 Å². The average molecular weight is 258 g/mol. The van der Waals surface area contributed by atoms with Gasteiger partial charge < -0.3 is 15.2 Å². The van der Waals surface area contributed by atoms with Crippen molar-refractivity contribution >= 4 is 17.6 Å². The lowest BCUT2D eigenvalue weighted by molar-refractivity contribution is 0.229. The summed E-state index contributed by atoms with van der Waals surface area (Å²) >= 11 is 0. The van der Waals surface area contributed by atoms with Crippen LogP contribution in [0.25, 0.3) is 11.1 Å². The number of carbonyl (C=O) groups is 1. The predicted molar refractivity (Wildman–Crippen MR) is 71.7 cm³/mol. The largest absolute Gasteiger partial charge is 0.367 e. The number of likely N-dealkylation sites (N-methyl/N-ethyl adjacent to an activating group) is 1. The highest BCUT2D eigenvalue weighted by molar-refractivity contribution is 5.94. The summed E-state index contributed by atoms with van der Waals surface area (Å²) in [5.41, 5.74) is 8.23. The van der Waals surface area contributed by atoms with Gasteiger partial charge >= 0.3 is 6.03 Å². The van der Waals surface area contributed by atoms with Crippen LogP contribution in [0, 0.1) is 0 Å². The van der Waals surface area contributed by atoms with Crippen molar-refractivity contribution in [1.82, 2.24) is 10.1 Å². The summed E-state index contributed by atoms with van der Waals surface area (Å²) in [6.45, 7) is 1.46. The van der Waals surface area contributed by atoms with E-state index in [4.69, 9.17) is 10.3 Å². The summed E-state index contributed by atoms with van der Waals surface area (Å²) in [5.74, 6) is 0.296. The second-order valence-electron chi connectivity index (χ2n) is 4.51. The molecule has 0 aliphatic carbocycles. The normalized spacial score (nSPS) is 15.3. The molecule has 2 amide bonds. The summed E-state index contributed by atoms with van der Waals surface area (Å²) < 4.78 is 4.84. The SMILES string of the molecule is CN1CCN(c2ccc(-c3cnoc3N)cc2)C1=O. The first-order valence-corrected chi connectivity index (χ1v) is 6.00. The standard InChI is InChI=1S/C13H14N4O2/c1-16-6-7-17(13(16)18)10-4-2-9(3-5-10)11-8-15-19-12(11)14/h2-5,8H,6-7,14H2,1H3. The molecule has 1 aromatic carbocycles. The third-order valence-corrected chi connectivity index (χ3v) is 3.30. The van der Waals surface area contributed by atoms with E-state index in [9.17, 15) is 4.79 Å². The first kappa shape index (κ1) is 11.6. The molecule has 0 saturated carbocycles. The minimum Gasteiger partial charge on any atom is -0.367 e. The molecule has 1 fully saturated rings. The van der Waals surface area contributed by atoms with Gasteiger partial charge in [-0.3, -0.25) is 4.90 Å².